The minimum Gasteiger partial charge on any atom is -0.493 e. The minimum atomic E-state index is -2.54. The van der Waals surface area contributed by atoms with Crippen molar-refractivity contribution in [1.82, 2.24) is 4.90 Å². The highest BCUT2D eigenvalue weighted by Crippen LogP contribution is 2.46. The molecule has 0 N–H and O–H groups in total. The number of nitro groups is 1. The molecule has 164 valence electrons. The molecule has 29 heavy (non-hydrogen) atoms. The van der Waals surface area contributed by atoms with Gasteiger partial charge in [0.25, 0.3) is 5.69 Å². The number of carbonyl (C=O) groups excluding carboxylic acids is 1. The van der Waals surface area contributed by atoms with E-state index in [1.165, 1.54) is 19.2 Å². The lowest BCUT2D eigenvalue weighted by molar-refractivity contribution is -0.383. The fourth-order valence-corrected chi connectivity index (χ4v) is 11.8. The Kier molecular flexibility index (Phi) is 8.68. The summed E-state index contributed by atoms with van der Waals surface area (Å²) in [5.74, 6) is 0.561. The molecule has 0 aromatic heterocycles. The Morgan fingerprint density at radius 3 is 1.90 bits per heavy atom. The summed E-state index contributed by atoms with van der Waals surface area (Å²) in [6.07, 6.45) is -0.519. The second-order valence-electron chi connectivity index (χ2n) is 8.19. The topological polar surface area (TPSA) is 81.9 Å². The number of hydrogen-bond acceptors (Lipinski definition) is 5. The van der Waals surface area contributed by atoms with Crippen molar-refractivity contribution in [2.24, 2.45) is 0 Å². The van der Waals surface area contributed by atoms with Crippen molar-refractivity contribution in [3.8, 4) is 11.5 Å². The van der Waals surface area contributed by atoms with Crippen LogP contribution in [0.1, 0.15) is 55.4 Å². The quantitative estimate of drug-likeness (QED) is 0.304. The summed E-state index contributed by atoms with van der Waals surface area (Å²) in [6, 6.07) is 3.00. The zero-order valence-corrected chi connectivity index (χ0v) is 20.2. The van der Waals surface area contributed by atoms with E-state index in [2.05, 4.69) is 41.5 Å². The highest BCUT2D eigenvalue weighted by Gasteiger charge is 2.51. The Morgan fingerprint density at radius 1 is 1.07 bits per heavy atom. The van der Waals surface area contributed by atoms with Crippen molar-refractivity contribution in [2.75, 3.05) is 20.2 Å². The number of nitrogens with zero attached hydrogens (tertiary/aromatic N) is 2. The average Bonchev–Trinajstić information content (AvgIpc) is 2.62. The van der Waals surface area contributed by atoms with Crippen LogP contribution >= 0.6 is 0 Å². The van der Waals surface area contributed by atoms with Gasteiger partial charge in [0, 0.05) is 19.2 Å². The molecule has 1 amide bonds. The van der Waals surface area contributed by atoms with Crippen molar-refractivity contribution in [3.63, 3.8) is 0 Å². The van der Waals surface area contributed by atoms with Gasteiger partial charge in [-0.05, 0) is 36.5 Å². The maximum atomic E-state index is 12.8. The predicted octanol–water partition coefficient (Wildman–Crippen LogP) is 5.33. The summed E-state index contributed by atoms with van der Waals surface area (Å²) in [6.45, 7) is 17.4. The number of benzene rings is 1. The van der Waals surface area contributed by atoms with Gasteiger partial charge in [0.05, 0.1) is 17.2 Å². The van der Waals surface area contributed by atoms with Crippen molar-refractivity contribution in [3.05, 3.63) is 22.2 Å². The molecule has 7 nitrogen and oxygen atoms in total. The molecular formula is C21H36N2O5Si. The molecule has 1 rings (SSSR count). The highest BCUT2D eigenvalue weighted by molar-refractivity contribution is 6.96. The monoisotopic (exact) mass is 424 g/mol. The minimum absolute atomic E-state index is 0.0101. The summed E-state index contributed by atoms with van der Waals surface area (Å²) in [5, 5.41) is 12.6. The van der Waals surface area contributed by atoms with E-state index < -0.39 is 14.2 Å². The Morgan fingerprint density at radius 2 is 1.55 bits per heavy atom. The lowest BCUT2D eigenvalue weighted by Gasteiger charge is -2.43. The van der Waals surface area contributed by atoms with E-state index >= 15 is 0 Å². The molecule has 8 heteroatoms. The van der Waals surface area contributed by atoms with E-state index in [0.717, 1.165) is 0 Å². The van der Waals surface area contributed by atoms with Gasteiger partial charge in [0.1, 0.15) is 8.07 Å². The van der Waals surface area contributed by atoms with Gasteiger partial charge in [-0.15, -0.1) is 0 Å². The van der Waals surface area contributed by atoms with Gasteiger partial charge in [0.15, 0.2) is 11.5 Å². The third kappa shape index (κ3) is 4.57. The number of rotatable bonds is 9. The average molecular weight is 425 g/mol. The third-order valence-electron chi connectivity index (χ3n) is 6.03. The summed E-state index contributed by atoms with van der Waals surface area (Å²) < 4.78 is 11.4. The molecule has 1 aromatic carbocycles. The zero-order chi connectivity index (χ0) is 22.5. The largest absolute Gasteiger partial charge is 0.493 e. The molecule has 0 heterocycles. The van der Waals surface area contributed by atoms with Crippen molar-refractivity contribution in [1.29, 1.82) is 0 Å². The van der Waals surface area contributed by atoms with Crippen LogP contribution in [-0.4, -0.2) is 44.2 Å². The van der Waals surface area contributed by atoms with Gasteiger partial charge in [-0.2, -0.15) is 0 Å². The Labute approximate surface area is 175 Å². The first kappa shape index (κ1) is 24.9. The van der Waals surface area contributed by atoms with E-state index in [-0.39, 0.29) is 33.0 Å². The summed E-state index contributed by atoms with van der Waals surface area (Å²) >= 11 is 0. The first-order valence-corrected chi connectivity index (χ1v) is 12.6. The molecule has 0 spiro atoms. The van der Waals surface area contributed by atoms with Gasteiger partial charge in [0.2, 0.25) is 0 Å². The van der Waals surface area contributed by atoms with E-state index in [0.29, 0.717) is 24.0 Å². The van der Waals surface area contributed by atoms with Crippen molar-refractivity contribution >= 4 is 25.0 Å². The highest BCUT2D eigenvalue weighted by atomic mass is 28.3. The SMILES string of the molecule is CCN(CC)C(=O)Oc1c(OC)ccc([N+](=O)[O-])c1[Si](C(C)C)(C(C)C)C(C)C. The standard InChI is InChI=1S/C21H36N2O5Si/c1-10-22(11-2)21(24)28-19-18(27-9)13-12-17(23(25)26)20(19)29(14(3)4,15(5)6)16(7)8/h12-16H,10-11H2,1-9H3. The Balaban J connectivity index is 3.99. The molecule has 0 unspecified atom stereocenters. The van der Waals surface area contributed by atoms with Gasteiger partial charge in [-0.25, -0.2) is 4.79 Å². The van der Waals surface area contributed by atoms with Gasteiger partial charge in [-0.3, -0.25) is 10.1 Å². The Bertz CT molecular complexity index is 708. The fourth-order valence-electron chi connectivity index (χ4n) is 4.89. The maximum Gasteiger partial charge on any atom is 0.415 e. The summed E-state index contributed by atoms with van der Waals surface area (Å²) in [5.41, 5.74) is 0.591. The van der Waals surface area contributed by atoms with Gasteiger partial charge < -0.3 is 14.4 Å². The molecule has 0 aliphatic heterocycles. The van der Waals surface area contributed by atoms with Crippen molar-refractivity contribution < 1.29 is 19.2 Å². The molecule has 0 saturated heterocycles. The number of carbonyl (C=O) groups is 1. The second-order valence-corrected chi connectivity index (χ2v) is 14.0. The lowest BCUT2D eigenvalue weighted by Crippen LogP contribution is -2.57. The van der Waals surface area contributed by atoms with E-state index in [1.54, 1.807) is 4.90 Å². The molecule has 0 saturated carbocycles. The van der Waals surface area contributed by atoms with Crippen LogP contribution in [0.5, 0.6) is 11.5 Å². The number of hydrogen-bond donors (Lipinski definition) is 0. The lowest BCUT2D eigenvalue weighted by atomic mass is 10.2. The molecule has 0 aliphatic carbocycles. The van der Waals surface area contributed by atoms with Crippen LogP contribution in [0.4, 0.5) is 10.5 Å². The zero-order valence-electron chi connectivity index (χ0n) is 19.2. The number of methoxy groups -OCH3 is 1. The first-order valence-electron chi connectivity index (χ1n) is 10.3. The number of ether oxygens (including phenoxy) is 2. The van der Waals surface area contributed by atoms with Crippen LogP contribution in [0.2, 0.25) is 16.6 Å². The van der Waals surface area contributed by atoms with Crippen LogP contribution < -0.4 is 14.7 Å². The molecule has 0 aliphatic rings. The van der Waals surface area contributed by atoms with Crippen LogP contribution in [0.3, 0.4) is 0 Å². The second kappa shape index (κ2) is 10.1. The molecule has 0 radical (unpaired) electrons. The smallest absolute Gasteiger partial charge is 0.415 e. The van der Waals surface area contributed by atoms with Crippen LogP contribution in [-0.2, 0) is 0 Å². The van der Waals surface area contributed by atoms with E-state index in [4.69, 9.17) is 9.47 Å². The van der Waals surface area contributed by atoms with E-state index in [1.807, 2.05) is 13.8 Å². The molecule has 0 atom stereocenters. The molecular weight excluding hydrogens is 388 g/mol. The number of nitro benzene ring substituents is 1. The fraction of sp³-hybridized carbons (Fsp3) is 0.667. The maximum absolute atomic E-state index is 12.8. The Hall–Kier alpha value is -2.09. The number of amides is 1. The van der Waals surface area contributed by atoms with Crippen molar-refractivity contribution in [2.45, 2.75) is 72.0 Å². The molecule has 0 fully saturated rings. The third-order valence-corrected chi connectivity index (χ3v) is 13.1. The van der Waals surface area contributed by atoms with Crippen LogP contribution in [0.15, 0.2) is 12.1 Å². The summed E-state index contributed by atoms with van der Waals surface area (Å²) in [4.78, 5) is 26.0. The van der Waals surface area contributed by atoms with Crippen LogP contribution in [0.25, 0.3) is 0 Å². The normalized spacial score (nSPS) is 11.9. The van der Waals surface area contributed by atoms with Crippen LogP contribution in [0, 0.1) is 10.1 Å². The molecule has 0 bridgehead atoms. The molecule has 1 aromatic rings. The van der Waals surface area contributed by atoms with Gasteiger partial charge >= 0.3 is 6.09 Å². The van der Waals surface area contributed by atoms with Gasteiger partial charge in [-0.1, -0.05) is 41.5 Å². The van der Waals surface area contributed by atoms with E-state index in [9.17, 15) is 14.9 Å². The first-order chi connectivity index (χ1) is 13.5. The summed E-state index contributed by atoms with van der Waals surface area (Å²) in [7, 11) is -1.05. The predicted molar refractivity (Wildman–Crippen MR) is 119 cm³/mol.